The van der Waals surface area contributed by atoms with Crippen molar-refractivity contribution in [2.75, 3.05) is 7.11 Å². The van der Waals surface area contributed by atoms with Crippen LogP contribution >= 0.6 is 24.0 Å². The number of hydrogen-bond acceptors (Lipinski definition) is 3. The average molecular weight is 384 g/mol. The minimum absolute atomic E-state index is 0. The van der Waals surface area contributed by atoms with Gasteiger partial charge in [-0.05, 0) is 55.7 Å². The first-order chi connectivity index (χ1) is 11.4. The maximum atomic E-state index is 5.90. The van der Waals surface area contributed by atoms with E-state index in [1.54, 1.807) is 7.11 Å². The summed E-state index contributed by atoms with van der Waals surface area (Å²) >= 11 is 5.90. The summed E-state index contributed by atoms with van der Waals surface area (Å²) < 4.78 is 11.4. The van der Waals surface area contributed by atoms with Gasteiger partial charge >= 0.3 is 0 Å². The van der Waals surface area contributed by atoms with Crippen LogP contribution in [0.2, 0.25) is 5.02 Å². The van der Waals surface area contributed by atoms with E-state index in [9.17, 15) is 0 Å². The molecule has 0 aliphatic rings. The van der Waals surface area contributed by atoms with E-state index in [4.69, 9.17) is 21.1 Å². The largest absolute Gasteiger partial charge is 0.493 e. The Balaban J connectivity index is 0.00000312. The van der Waals surface area contributed by atoms with E-state index < -0.39 is 0 Å². The van der Waals surface area contributed by atoms with Crippen LogP contribution in [-0.4, -0.2) is 12.6 Å². The smallest absolute Gasteiger partial charge is 0.161 e. The van der Waals surface area contributed by atoms with Crippen LogP contribution in [0.3, 0.4) is 0 Å². The third-order valence-electron chi connectivity index (χ3n) is 4.19. The minimum Gasteiger partial charge on any atom is -0.493 e. The van der Waals surface area contributed by atoms with Crippen LogP contribution in [0.1, 0.15) is 38.3 Å². The molecule has 5 heteroatoms. The second-order valence-corrected chi connectivity index (χ2v) is 6.93. The van der Waals surface area contributed by atoms with Gasteiger partial charge in [0, 0.05) is 17.1 Å². The van der Waals surface area contributed by atoms with E-state index in [-0.39, 0.29) is 17.9 Å². The van der Waals surface area contributed by atoms with Crippen molar-refractivity contribution in [2.24, 2.45) is 0 Å². The van der Waals surface area contributed by atoms with Crippen molar-refractivity contribution in [2.45, 2.75) is 45.9 Å². The van der Waals surface area contributed by atoms with Crippen LogP contribution in [0.5, 0.6) is 11.5 Å². The molecule has 0 aliphatic heterocycles. The van der Waals surface area contributed by atoms with E-state index >= 15 is 0 Å². The number of rotatable bonds is 8. The zero-order valence-corrected chi connectivity index (χ0v) is 16.8. The Hall–Kier alpha value is -1.42. The Labute approximate surface area is 162 Å². The predicted octanol–water partition coefficient (Wildman–Crippen LogP) is 5.63. The van der Waals surface area contributed by atoms with E-state index in [0.717, 1.165) is 35.1 Å². The van der Waals surface area contributed by atoms with Gasteiger partial charge in [-0.1, -0.05) is 36.7 Å². The first kappa shape index (κ1) is 21.6. The monoisotopic (exact) mass is 383 g/mol. The lowest BCUT2D eigenvalue weighted by Crippen LogP contribution is -2.37. The van der Waals surface area contributed by atoms with E-state index in [2.05, 4.69) is 32.2 Å². The molecule has 0 aromatic heterocycles. The predicted molar refractivity (Wildman–Crippen MR) is 107 cm³/mol. The Kier molecular flexibility index (Phi) is 8.57. The first-order valence-electron chi connectivity index (χ1n) is 8.22. The lowest BCUT2D eigenvalue weighted by molar-refractivity contribution is 0.284. The molecule has 1 N–H and O–H groups in total. The van der Waals surface area contributed by atoms with Gasteiger partial charge in [0.1, 0.15) is 6.61 Å². The molecule has 25 heavy (non-hydrogen) atoms. The molecule has 0 saturated heterocycles. The second kappa shape index (κ2) is 9.91. The molecule has 0 unspecified atom stereocenters. The Morgan fingerprint density at radius 2 is 1.64 bits per heavy atom. The van der Waals surface area contributed by atoms with Crippen molar-refractivity contribution in [1.29, 1.82) is 0 Å². The van der Waals surface area contributed by atoms with Crippen molar-refractivity contribution in [1.82, 2.24) is 5.32 Å². The zero-order valence-electron chi connectivity index (χ0n) is 15.3. The topological polar surface area (TPSA) is 30.5 Å². The van der Waals surface area contributed by atoms with Crippen LogP contribution < -0.4 is 14.8 Å². The third kappa shape index (κ3) is 6.77. The lowest BCUT2D eigenvalue weighted by Gasteiger charge is -2.24. The summed E-state index contributed by atoms with van der Waals surface area (Å²) in [5.74, 6) is 1.49. The third-order valence-corrected chi connectivity index (χ3v) is 4.44. The Bertz CT molecular complexity index is 657. The van der Waals surface area contributed by atoms with Crippen molar-refractivity contribution in [3.63, 3.8) is 0 Å². The first-order valence-corrected chi connectivity index (χ1v) is 8.60. The van der Waals surface area contributed by atoms with E-state index in [1.165, 1.54) is 5.56 Å². The quantitative estimate of drug-likeness (QED) is 0.640. The highest BCUT2D eigenvalue weighted by Crippen LogP contribution is 2.29. The molecule has 138 valence electrons. The van der Waals surface area contributed by atoms with Gasteiger partial charge in [-0.25, -0.2) is 0 Å². The summed E-state index contributed by atoms with van der Waals surface area (Å²) in [5.41, 5.74) is 2.36. The molecule has 0 aliphatic carbocycles. The van der Waals surface area contributed by atoms with Crippen LogP contribution in [0.25, 0.3) is 0 Å². The fourth-order valence-corrected chi connectivity index (χ4v) is 2.28. The molecule has 0 heterocycles. The van der Waals surface area contributed by atoms with Crippen LogP contribution in [0.4, 0.5) is 0 Å². The molecule has 0 atom stereocenters. The standard InChI is InChI=1S/C20H26ClNO2.ClH/c1-5-20(2,3)22-13-16-8-11-18(19(12-16)23-4)24-14-15-6-9-17(21)10-7-15;/h6-12,22H,5,13-14H2,1-4H3;1H. The lowest BCUT2D eigenvalue weighted by atomic mass is 10.0. The SMILES string of the molecule is CCC(C)(C)NCc1ccc(OCc2ccc(Cl)cc2)c(OC)c1.Cl. The van der Waals surface area contributed by atoms with E-state index in [0.29, 0.717) is 6.61 Å². The maximum absolute atomic E-state index is 5.90. The maximum Gasteiger partial charge on any atom is 0.161 e. The summed E-state index contributed by atoms with van der Waals surface area (Å²) in [6.45, 7) is 7.87. The van der Waals surface area contributed by atoms with Crippen LogP contribution in [-0.2, 0) is 13.2 Å². The molecule has 0 amide bonds. The fraction of sp³-hybridized carbons (Fsp3) is 0.400. The molecule has 2 aromatic carbocycles. The number of hydrogen-bond donors (Lipinski definition) is 1. The molecule has 0 spiro atoms. The van der Waals surface area contributed by atoms with Gasteiger partial charge in [0.05, 0.1) is 7.11 Å². The molecule has 2 rings (SSSR count). The second-order valence-electron chi connectivity index (χ2n) is 6.49. The summed E-state index contributed by atoms with van der Waals surface area (Å²) in [4.78, 5) is 0. The van der Waals surface area contributed by atoms with Gasteiger partial charge in [0.15, 0.2) is 11.5 Å². The Morgan fingerprint density at radius 3 is 2.24 bits per heavy atom. The molecule has 0 radical (unpaired) electrons. The highest BCUT2D eigenvalue weighted by atomic mass is 35.5. The summed E-state index contributed by atoms with van der Waals surface area (Å²) in [6, 6.07) is 13.7. The van der Waals surface area contributed by atoms with Crippen molar-refractivity contribution in [3.8, 4) is 11.5 Å². The molecular formula is C20H27Cl2NO2. The number of halogens is 2. The van der Waals surface area contributed by atoms with Gasteiger partial charge in [-0.15, -0.1) is 12.4 Å². The molecule has 0 fully saturated rings. The summed E-state index contributed by atoms with van der Waals surface area (Å²) in [6.07, 6.45) is 1.08. The van der Waals surface area contributed by atoms with Crippen LogP contribution in [0, 0.1) is 0 Å². The van der Waals surface area contributed by atoms with Gasteiger partial charge in [-0.3, -0.25) is 0 Å². The zero-order chi connectivity index (χ0) is 17.6. The molecule has 0 saturated carbocycles. The molecule has 3 nitrogen and oxygen atoms in total. The van der Waals surface area contributed by atoms with Gasteiger partial charge in [-0.2, -0.15) is 0 Å². The minimum atomic E-state index is 0. The average Bonchev–Trinajstić information content (AvgIpc) is 2.60. The van der Waals surface area contributed by atoms with Gasteiger partial charge in [0.2, 0.25) is 0 Å². The van der Waals surface area contributed by atoms with Crippen molar-refractivity contribution in [3.05, 3.63) is 58.6 Å². The van der Waals surface area contributed by atoms with Gasteiger partial charge in [0.25, 0.3) is 0 Å². The number of nitrogens with one attached hydrogen (secondary N) is 1. The molecule has 0 bridgehead atoms. The van der Waals surface area contributed by atoms with Crippen molar-refractivity contribution >= 4 is 24.0 Å². The normalized spacial score (nSPS) is 10.9. The molecular weight excluding hydrogens is 357 g/mol. The van der Waals surface area contributed by atoms with Crippen molar-refractivity contribution < 1.29 is 9.47 Å². The highest BCUT2D eigenvalue weighted by Gasteiger charge is 2.14. The number of benzene rings is 2. The highest BCUT2D eigenvalue weighted by molar-refractivity contribution is 6.30. The summed E-state index contributed by atoms with van der Waals surface area (Å²) in [5, 5.41) is 4.28. The van der Waals surface area contributed by atoms with Gasteiger partial charge < -0.3 is 14.8 Å². The Morgan fingerprint density at radius 1 is 1.00 bits per heavy atom. The summed E-state index contributed by atoms with van der Waals surface area (Å²) in [7, 11) is 1.66. The van der Waals surface area contributed by atoms with Crippen LogP contribution in [0.15, 0.2) is 42.5 Å². The fourth-order valence-electron chi connectivity index (χ4n) is 2.15. The number of methoxy groups -OCH3 is 1. The van der Waals surface area contributed by atoms with E-state index in [1.807, 2.05) is 36.4 Å². The number of ether oxygens (including phenoxy) is 2. The molecule has 2 aromatic rings.